The number of aromatic hydroxyl groups is 2. The van der Waals surface area contributed by atoms with Gasteiger partial charge in [0.05, 0.1) is 19.8 Å². The standard InChI is InChI=1S/C17H16O5/c1-21-12-5-3-11(16(19)9-12)4-8-15(18)14-7-6-13(22-2)10-17(14)20/h3-10,19-20H,1-2H3. The second-order valence-electron chi connectivity index (χ2n) is 4.51. The van der Waals surface area contributed by atoms with Crippen LogP contribution in [0.15, 0.2) is 42.5 Å². The quantitative estimate of drug-likeness (QED) is 0.655. The molecule has 0 atom stereocenters. The Balaban J connectivity index is 2.21. The number of rotatable bonds is 5. The molecule has 0 radical (unpaired) electrons. The molecular weight excluding hydrogens is 284 g/mol. The van der Waals surface area contributed by atoms with E-state index in [1.54, 1.807) is 18.2 Å². The number of phenols is 2. The number of hydrogen-bond donors (Lipinski definition) is 2. The molecule has 5 nitrogen and oxygen atoms in total. The molecule has 0 fully saturated rings. The predicted octanol–water partition coefficient (Wildman–Crippen LogP) is 3.01. The Morgan fingerprint density at radius 2 is 1.55 bits per heavy atom. The maximum Gasteiger partial charge on any atom is 0.189 e. The molecule has 0 bridgehead atoms. The first kappa shape index (κ1) is 15.4. The number of benzene rings is 2. The van der Waals surface area contributed by atoms with Crippen molar-refractivity contribution in [2.45, 2.75) is 0 Å². The first-order chi connectivity index (χ1) is 10.5. The summed E-state index contributed by atoms with van der Waals surface area (Å²) in [6.07, 6.45) is 2.75. The number of ether oxygens (including phenoxy) is 2. The molecule has 0 saturated heterocycles. The minimum Gasteiger partial charge on any atom is -0.507 e. The summed E-state index contributed by atoms with van der Waals surface area (Å²) in [6, 6.07) is 9.20. The molecule has 0 aliphatic heterocycles. The molecule has 0 saturated carbocycles. The summed E-state index contributed by atoms with van der Waals surface area (Å²) in [6.45, 7) is 0. The molecule has 2 rings (SSSR count). The van der Waals surface area contributed by atoms with Crippen LogP contribution in [-0.4, -0.2) is 30.2 Å². The normalized spacial score (nSPS) is 10.6. The third kappa shape index (κ3) is 3.38. The van der Waals surface area contributed by atoms with Crippen molar-refractivity contribution in [3.63, 3.8) is 0 Å². The van der Waals surface area contributed by atoms with Crippen LogP contribution in [0.1, 0.15) is 15.9 Å². The van der Waals surface area contributed by atoms with Gasteiger partial charge in [-0.25, -0.2) is 0 Å². The second kappa shape index (κ2) is 6.67. The summed E-state index contributed by atoms with van der Waals surface area (Å²) in [5.41, 5.74) is 0.632. The molecule has 0 amide bonds. The number of allylic oxidation sites excluding steroid dienone is 1. The zero-order chi connectivity index (χ0) is 16.1. The summed E-state index contributed by atoms with van der Waals surface area (Å²) in [5.74, 6) is 0.449. The summed E-state index contributed by atoms with van der Waals surface area (Å²) in [7, 11) is 2.98. The molecule has 0 heterocycles. The van der Waals surface area contributed by atoms with E-state index in [2.05, 4.69) is 0 Å². The fraction of sp³-hybridized carbons (Fsp3) is 0.118. The van der Waals surface area contributed by atoms with Crippen LogP contribution in [0.5, 0.6) is 23.0 Å². The highest BCUT2D eigenvalue weighted by Gasteiger charge is 2.09. The highest BCUT2D eigenvalue weighted by molar-refractivity contribution is 6.08. The van der Waals surface area contributed by atoms with E-state index in [1.807, 2.05) is 0 Å². The van der Waals surface area contributed by atoms with Gasteiger partial charge in [-0.05, 0) is 36.4 Å². The van der Waals surface area contributed by atoms with E-state index in [4.69, 9.17) is 9.47 Å². The first-order valence-electron chi connectivity index (χ1n) is 6.51. The van der Waals surface area contributed by atoms with E-state index in [0.717, 1.165) is 0 Å². The number of methoxy groups -OCH3 is 2. The Hall–Kier alpha value is -2.95. The van der Waals surface area contributed by atoms with Gasteiger partial charge in [0.15, 0.2) is 5.78 Å². The number of carbonyl (C=O) groups is 1. The van der Waals surface area contributed by atoms with Crippen LogP contribution in [0.4, 0.5) is 0 Å². The lowest BCUT2D eigenvalue weighted by molar-refractivity contribution is 0.104. The van der Waals surface area contributed by atoms with Crippen LogP contribution in [0.3, 0.4) is 0 Å². The van der Waals surface area contributed by atoms with Crippen molar-refractivity contribution in [2.75, 3.05) is 14.2 Å². The molecule has 2 aromatic carbocycles. The van der Waals surface area contributed by atoms with Crippen LogP contribution in [0.2, 0.25) is 0 Å². The van der Waals surface area contributed by atoms with Crippen LogP contribution < -0.4 is 9.47 Å². The van der Waals surface area contributed by atoms with Gasteiger partial charge in [0.2, 0.25) is 0 Å². The third-order valence-electron chi connectivity index (χ3n) is 3.12. The van der Waals surface area contributed by atoms with Crippen LogP contribution >= 0.6 is 0 Å². The average molecular weight is 300 g/mol. The lowest BCUT2D eigenvalue weighted by Gasteiger charge is -2.04. The molecule has 22 heavy (non-hydrogen) atoms. The highest BCUT2D eigenvalue weighted by atomic mass is 16.5. The average Bonchev–Trinajstić information content (AvgIpc) is 2.53. The third-order valence-corrected chi connectivity index (χ3v) is 3.12. The summed E-state index contributed by atoms with van der Waals surface area (Å²) < 4.78 is 9.95. The Morgan fingerprint density at radius 1 is 0.955 bits per heavy atom. The summed E-state index contributed by atoms with van der Waals surface area (Å²) in [4.78, 5) is 12.1. The van der Waals surface area contributed by atoms with Gasteiger partial charge in [-0.3, -0.25) is 4.79 Å². The lowest BCUT2D eigenvalue weighted by atomic mass is 10.1. The van der Waals surface area contributed by atoms with Gasteiger partial charge in [0.25, 0.3) is 0 Å². The number of hydrogen-bond acceptors (Lipinski definition) is 5. The summed E-state index contributed by atoms with van der Waals surface area (Å²) >= 11 is 0. The van der Waals surface area contributed by atoms with E-state index in [1.165, 1.54) is 44.6 Å². The monoisotopic (exact) mass is 300 g/mol. The second-order valence-corrected chi connectivity index (χ2v) is 4.51. The fourth-order valence-electron chi connectivity index (χ4n) is 1.89. The molecule has 0 unspecified atom stereocenters. The SMILES string of the molecule is COc1ccc(C=CC(=O)c2ccc(OC)cc2O)c(O)c1. The van der Waals surface area contributed by atoms with Gasteiger partial charge in [-0.1, -0.05) is 0 Å². The largest absolute Gasteiger partial charge is 0.507 e. The predicted molar refractivity (Wildman–Crippen MR) is 82.7 cm³/mol. The van der Waals surface area contributed by atoms with E-state index in [0.29, 0.717) is 17.1 Å². The molecule has 0 aliphatic carbocycles. The maximum atomic E-state index is 12.1. The molecule has 114 valence electrons. The zero-order valence-electron chi connectivity index (χ0n) is 12.2. The highest BCUT2D eigenvalue weighted by Crippen LogP contribution is 2.26. The number of ketones is 1. The van der Waals surface area contributed by atoms with Crippen molar-refractivity contribution in [2.24, 2.45) is 0 Å². The van der Waals surface area contributed by atoms with Crippen LogP contribution in [-0.2, 0) is 0 Å². The Morgan fingerprint density at radius 3 is 2.09 bits per heavy atom. The Bertz CT molecular complexity index is 719. The molecule has 5 heteroatoms. The van der Waals surface area contributed by atoms with E-state index in [-0.39, 0.29) is 22.8 Å². The summed E-state index contributed by atoms with van der Waals surface area (Å²) in [5, 5.41) is 19.6. The van der Waals surface area contributed by atoms with E-state index >= 15 is 0 Å². The molecule has 2 aromatic rings. The van der Waals surface area contributed by atoms with Crippen LogP contribution in [0, 0.1) is 0 Å². The molecule has 2 N–H and O–H groups in total. The number of phenolic OH excluding ortho intramolecular Hbond substituents is 2. The van der Waals surface area contributed by atoms with Gasteiger partial charge in [-0.15, -0.1) is 0 Å². The van der Waals surface area contributed by atoms with Gasteiger partial charge < -0.3 is 19.7 Å². The van der Waals surface area contributed by atoms with Gasteiger partial charge >= 0.3 is 0 Å². The van der Waals surface area contributed by atoms with Crippen molar-refractivity contribution in [3.8, 4) is 23.0 Å². The molecule has 0 spiro atoms. The molecular formula is C17H16O5. The van der Waals surface area contributed by atoms with Crippen LogP contribution in [0.25, 0.3) is 6.08 Å². The fourth-order valence-corrected chi connectivity index (χ4v) is 1.89. The van der Waals surface area contributed by atoms with Gasteiger partial charge in [0.1, 0.15) is 23.0 Å². The van der Waals surface area contributed by atoms with Crippen molar-refractivity contribution < 1.29 is 24.5 Å². The van der Waals surface area contributed by atoms with Crippen molar-refractivity contribution in [1.29, 1.82) is 0 Å². The zero-order valence-corrected chi connectivity index (χ0v) is 12.2. The van der Waals surface area contributed by atoms with Crippen molar-refractivity contribution >= 4 is 11.9 Å². The smallest absolute Gasteiger partial charge is 0.189 e. The minimum atomic E-state index is -0.379. The van der Waals surface area contributed by atoms with E-state index in [9.17, 15) is 15.0 Å². The lowest BCUT2D eigenvalue weighted by Crippen LogP contribution is -1.95. The van der Waals surface area contributed by atoms with Crippen molar-refractivity contribution in [3.05, 3.63) is 53.6 Å². The molecule has 0 aliphatic rings. The van der Waals surface area contributed by atoms with Gasteiger partial charge in [-0.2, -0.15) is 0 Å². The van der Waals surface area contributed by atoms with E-state index < -0.39 is 0 Å². The van der Waals surface area contributed by atoms with Gasteiger partial charge in [0, 0.05) is 17.7 Å². The number of carbonyl (C=O) groups excluding carboxylic acids is 1. The van der Waals surface area contributed by atoms with Crippen molar-refractivity contribution in [1.82, 2.24) is 0 Å². The topological polar surface area (TPSA) is 76.0 Å². The maximum absolute atomic E-state index is 12.1. The first-order valence-corrected chi connectivity index (χ1v) is 6.51. The molecule has 0 aromatic heterocycles. The minimum absolute atomic E-state index is 0.00218. The Labute approximate surface area is 128 Å². The Kier molecular flexibility index (Phi) is 4.68.